The van der Waals surface area contributed by atoms with Crippen molar-refractivity contribution in [2.24, 2.45) is 0 Å². The summed E-state index contributed by atoms with van der Waals surface area (Å²) in [5, 5.41) is 0. The zero-order valence-corrected chi connectivity index (χ0v) is 17.1. The maximum absolute atomic E-state index is 6.20. The van der Waals surface area contributed by atoms with Gasteiger partial charge in [-0.1, -0.05) is 51.1 Å². The molecule has 0 fully saturated rings. The number of benzene rings is 3. The van der Waals surface area contributed by atoms with Gasteiger partial charge in [-0.15, -0.1) is 0 Å². The summed E-state index contributed by atoms with van der Waals surface area (Å²) >= 11 is 0. The van der Waals surface area contributed by atoms with Crippen LogP contribution in [0.2, 0.25) is 0 Å². The highest BCUT2D eigenvalue weighted by Gasteiger charge is 2.28. The molecular weight excluding hydrogens is 330 g/mol. The summed E-state index contributed by atoms with van der Waals surface area (Å²) in [7, 11) is 0. The number of hydrogen-bond acceptors (Lipinski definition) is 2. The topological polar surface area (TPSA) is 12.5 Å². The van der Waals surface area contributed by atoms with Gasteiger partial charge in [0.25, 0.3) is 0 Å². The summed E-state index contributed by atoms with van der Waals surface area (Å²) in [6, 6.07) is 19.3. The van der Waals surface area contributed by atoms with Crippen LogP contribution in [0.25, 0.3) is 0 Å². The van der Waals surface area contributed by atoms with E-state index in [0.717, 1.165) is 22.9 Å². The molecule has 0 spiro atoms. The van der Waals surface area contributed by atoms with Crippen LogP contribution in [-0.2, 0) is 5.41 Å². The van der Waals surface area contributed by atoms with Gasteiger partial charge in [-0.25, -0.2) is 0 Å². The van der Waals surface area contributed by atoms with Crippen LogP contribution in [0.3, 0.4) is 0 Å². The number of rotatable bonds is 1. The van der Waals surface area contributed by atoms with E-state index in [0.29, 0.717) is 0 Å². The lowest BCUT2D eigenvalue weighted by Crippen LogP contribution is -2.19. The first kappa shape index (κ1) is 17.7. The van der Waals surface area contributed by atoms with E-state index in [1.807, 2.05) is 12.1 Å². The van der Waals surface area contributed by atoms with Crippen molar-refractivity contribution in [2.45, 2.75) is 47.0 Å². The number of hydrogen-bond donors (Lipinski definition) is 0. The fourth-order valence-electron chi connectivity index (χ4n) is 3.85. The van der Waals surface area contributed by atoms with Crippen molar-refractivity contribution in [3.63, 3.8) is 0 Å². The average Bonchev–Trinajstić information content (AvgIpc) is 2.60. The summed E-state index contributed by atoms with van der Waals surface area (Å²) in [5.41, 5.74) is 8.72. The SMILES string of the molecule is Cc1ccc2c(c1)N(c1c(C)cc(C(C)(C)C)cc1C)c1ccccc1O2. The monoisotopic (exact) mass is 357 g/mol. The standard InChI is InChI=1S/C25H27NO/c1-16-11-12-23-21(13-16)26(20-9-7-8-10-22(20)27-23)24-17(2)14-19(15-18(24)3)25(4,5)6/h7-15H,1-6H3. The molecule has 1 heterocycles. The summed E-state index contributed by atoms with van der Waals surface area (Å²) in [5.74, 6) is 1.80. The third-order valence-corrected chi connectivity index (χ3v) is 5.26. The third-order valence-electron chi connectivity index (χ3n) is 5.26. The highest BCUT2D eigenvalue weighted by atomic mass is 16.5. The van der Waals surface area contributed by atoms with Crippen molar-refractivity contribution in [2.75, 3.05) is 4.90 Å². The molecule has 0 N–H and O–H groups in total. The number of anilines is 3. The van der Waals surface area contributed by atoms with E-state index >= 15 is 0 Å². The van der Waals surface area contributed by atoms with Crippen molar-refractivity contribution in [1.82, 2.24) is 0 Å². The predicted octanol–water partition coefficient (Wildman–Crippen LogP) is 7.48. The Bertz CT molecular complexity index is 1000. The third kappa shape index (κ3) is 2.99. The zero-order valence-electron chi connectivity index (χ0n) is 17.1. The molecule has 4 rings (SSSR count). The highest BCUT2D eigenvalue weighted by Crippen LogP contribution is 2.52. The zero-order chi connectivity index (χ0) is 19.3. The molecule has 0 unspecified atom stereocenters. The lowest BCUT2D eigenvalue weighted by molar-refractivity contribution is 0.476. The van der Waals surface area contributed by atoms with E-state index in [9.17, 15) is 0 Å². The molecule has 0 saturated carbocycles. The molecule has 0 bridgehead atoms. The van der Waals surface area contributed by atoms with E-state index in [-0.39, 0.29) is 5.41 Å². The van der Waals surface area contributed by atoms with Crippen molar-refractivity contribution in [1.29, 1.82) is 0 Å². The van der Waals surface area contributed by atoms with E-state index in [4.69, 9.17) is 4.74 Å². The fourth-order valence-corrected chi connectivity index (χ4v) is 3.85. The van der Waals surface area contributed by atoms with Crippen molar-refractivity contribution < 1.29 is 4.74 Å². The first-order chi connectivity index (χ1) is 12.8. The molecule has 2 heteroatoms. The second kappa shape index (κ2) is 6.16. The first-order valence-electron chi connectivity index (χ1n) is 9.55. The number of ether oxygens (including phenoxy) is 1. The summed E-state index contributed by atoms with van der Waals surface area (Å²) in [6.45, 7) is 13.4. The lowest BCUT2D eigenvalue weighted by atomic mass is 9.84. The Morgan fingerprint density at radius 1 is 0.741 bits per heavy atom. The Kier molecular flexibility index (Phi) is 4.03. The van der Waals surface area contributed by atoms with Crippen LogP contribution in [0.5, 0.6) is 11.5 Å². The molecule has 0 aromatic heterocycles. The van der Waals surface area contributed by atoms with Crippen LogP contribution in [-0.4, -0.2) is 0 Å². The van der Waals surface area contributed by atoms with Crippen LogP contribution in [0.1, 0.15) is 43.0 Å². The lowest BCUT2D eigenvalue weighted by Gasteiger charge is -2.35. The number of aryl methyl sites for hydroxylation is 3. The van der Waals surface area contributed by atoms with E-state index in [1.54, 1.807) is 0 Å². The molecule has 0 atom stereocenters. The Labute approximate surface area is 162 Å². The fraction of sp³-hybridized carbons (Fsp3) is 0.280. The Balaban J connectivity index is 1.99. The molecule has 0 aliphatic carbocycles. The van der Waals surface area contributed by atoms with Gasteiger partial charge >= 0.3 is 0 Å². The summed E-state index contributed by atoms with van der Waals surface area (Å²) in [6.07, 6.45) is 0. The quantitative estimate of drug-likeness (QED) is 0.350. The number of para-hydroxylation sites is 2. The number of nitrogens with zero attached hydrogens (tertiary/aromatic N) is 1. The Morgan fingerprint density at radius 2 is 1.37 bits per heavy atom. The van der Waals surface area contributed by atoms with Gasteiger partial charge in [0.2, 0.25) is 0 Å². The van der Waals surface area contributed by atoms with Gasteiger partial charge in [0.05, 0.1) is 17.1 Å². The van der Waals surface area contributed by atoms with E-state index in [2.05, 4.69) is 88.9 Å². The van der Waals surface area contributed by atoms with Crippen LogP contribution in [0, 0.1) is 20.8 Å². The minimum absolute atomic E-state index is 0.130. The molecule has 0 radical (unpaired) electrons. The maximum atomic E-state index is 6.20. The molecule has 27 heavy (non-hydrogen) atoms. The van der Waals surface area contributed by atoms with Gasteiger partial charge in [0.15, 0.2) is 11.5 Å². The van der Waals surface area contributed by atoms with E-state index in [1.165, 1.54) is 27.9 Å². The Hall–Kier alpha value is -2.74. The van der Waals surface area contributed by atoms with Crippen LogP contribution in [0.4, 0.5) is 17.1 Å². The number of fused-ring (bicyclic) bond motifs is 2. The largest absolute Gasteiger partial charge is 0.453 e. The smallest absolute Gasteiger partial charge is 0.151 e. The molecule has 3 aromatic carbocycles. The molecule has 138 valence electrons. The van der Waals surface area contributed by atoms with Crippen LogP contribution < -0.4 is 9.64 Å². The predicted molar refractivity (Wildman–Crippen MR) is 114 cm³/mol. The second-order valence-electron chi connectivity index (χ2n) is 8.59. The first-order valence-corrected chi connectivity index (χ1v) is 9.55. The molecule has 1 aliphatic rings. The van der Waals surface area contributed by atoms with Crippen molar-refractivity contribution >= 4 is 17.1 Å². The van der Waals surface area contributed by atoms with Gasteiger partial charge in [-0.2, -0.15) is 0 Å². The highest BCUT2D eigenvalue weighted by molar-refractivity contribution is 5.88. The molecule has 2 nitrogen and oxygen atoms in total. The molecule has 0 amide bonds. The van der Waals surface area contributed by atoms with Gasteiger partial charge in [-0.3, -0.25) is 0 Å². The van der Waals surface area contributed by atoms with Crippen molar-refractivity contribution in [3.05, 3.63) is 76.9 Å². The minimum atomic E-state index is 0.130. The molecule has 1 aliphatic heterocycles. The van der Waals surface area contributed by atoms with Crippen molar-refractivity contribution in [3.8, 4) is 11.5 Å². The molecular formula is C25H27NO. The van der Waals surface area contributed by atoms with Gasteiger partial charge in [0.1, 0.15) is 0 Å². The molecule has 3 aromatic rings. The van der Waals surface area contributed by atoms with Crippen LogP contribution >= 0.6 is 0 Å². The minimum Gasteiger partial charge on any atom is -0.453 e. The summed E-state index contributed by atoms with van der Waals surface area (Å²) in [4.78, 5) is 2.36. The van der Waals surface area contributed by atoms with E-state index < -0.39 is 0 Å². The van der Waals surface area contributed by atoms with Crippen LogP contribution in [0.15, 0.2) is 54.6 Å². The maximum Gasteiger partial charge on any atom is 0.151 e. The summed E-state index contributed by atoms with van der Waals surface area (Å²) < 4.78 is 6.20. The molecule has 0 saturated heterocycles. The normalized spacial score (nSPS) is 13.0. The van der Waals surface area contributed by atoms with Gasteiger partial charge in [0, 0.05) is 0 Å². The van der Waals surface area contributed by atoms with Gasteiger partial charge < -0.3 is 9.64 Å². The Morgan fingerprint density at radius 3 is 2.04 bits per heavy atom. The average molecular weight is 357 g/mol. The second-order valence-corrected chi connectivity index (χ2v) is 8.59. The van der Waals surface area contributed by atoms with Gasteiger partial charge in [-0.05, 0) is 72.7 Å².